The van der Waals surface area contributed by atoms with Crippen LogP contribution in [0.4, 0.5) is 0 Å². The molecule has 0 spiro atoms. The van der Waals surface area contributed by atoms with E-state index >= 15 is 0 Å². The Bertz CT molecular complexity index is 396. The number of aromatic nitrogens is 1. The lowest BCUT2D eigenvalue weighted by atomic mass is 9.84. The molecule has 96 valence electrons. The van der Waals surface area contributed by atoms with E-state index in [1.54, 1.807) is 16.8 Å². The van der Waals surface area contributed by atoms with Gasteiger partial charge in [-0.3, -0.25) is 0 Å². The van der Waals surface area contributed by atoms with E-state index in [-0.39, 0.29) is 11.0 Å². The summed E-state index contributed by atoms with van der Waals surface area (Å²) in [4.78, 5) is 0. The highest BCUT2D eigenvalue weighted by molar-refractivity contribution is 5.45. The average molecular weight is 233 g/mol. The van der Waals surface area contributed by atoms with E-state index in [1.165, 1.54) is 25.0 Å². The number of hydrogen-bond acceptors (Lipinski definition) is 0. The van der Waals surface area contributed by atoms with Gasteiger partial charge in [-0.25, -0.2) is 0 Å². The minimum absolute atomic E-state index is 0.210. The van der Waals surface area contributed by atoms with Crippen LogP contribution in [0.1, 0.15) is 70.5 Å². The second kappa shape index (κ2) is 3.63. The number of nitrogens with zero attached hydrogens (tertiary/aromatic N) is 1. The molecule has 1 aromatic rings. The van der Waals surface area contributed by atoms with Gasteiger partial charge in [0.2, 0.25) is 0 Å². The summed E-state index contributed by atoms with van der Waals surface area (Å²) >= 11 is 0. The average Bonchev–Trinajstić information content (AvgIpc) is 2.55. The minimum atomic E-state index is 0.210. The number of hydrogen-bond donors (Lipinski definition) is 0. The highest BCUT2D eigenvalue weighted by Gasteiger charge is 2.33. The molecule has 0 saturated heterocycles. The molecule has 0 aromatic carbocycles. The topological polar surface area (TPSA) is 4.93 Å². The lowest BCUT2D eigenvalue weighted by Gasteiger charge is -2.28. The van der Waals surface area contributed by atoms with Crippen molar-refractivity contribution in [1.82, 2.24) is 4.57 Å². The van der Waals surface area contributed by atoms with Crippen molar-refractivity contribution in [3.63, 3.8) is 0 Å². The third-order valence-electron chi connectivity index (χ3n) is 3.88. The van der Waals surface area contributed by atoms with Crippen LogP contribution in [0.15, 0.2) is 0 Å². The maximum absolute atomic E-state index is 2.59. The zero-order valence-electron chi connectivity index (χ0n) is 12.6. The standard InChI is InChI=1S/C16H27N/c1-11-14(15(2,3)4)12-9-8-10-13(12)17(11)16(5,6)7/h8-10H2,1-7H3. The van der Waals surface area contributed by atoms with Crippen LogP contribution in [0.5, 0.6) is 0 Å². The molecule has 0 saturated carbocycles. The summed E-state index contributed by atoms with van der Waals surface area (Å²) in [5.41, 5.74) is 6.86. The van der Waals surface area contributed by atoms with Crippen LogP contribution in [0, 0.1) is 6.92 Å². The maximum atomic E-state index is 2.59. The molecule has 1 aliphatic carbocycles. The Balaban J connectivity index is 2.72. The van der Waals surface area contributed by atoms with Crippen LogP contribution in [-0.2, 0) is 23.8 Å². The quantitative estimate of drug-likeness (QED) is 0.628. The largest absolute Gasteiger partial charge is 0.343 e. The zero-order valence-corrected chi connectivity index (χ0v) is 12.6. The molecule has 1 aliphatic rings. The molecule has 1 nitrogen and oxygen atoms in total. The third kappa shape index (κ3) is 1.94. The molecule has 1 heteroatoms. The van der Waals surface area contributed by atoms with Gasteiger partial charge in [-0.05, 0) is 63.5 Å². The van der Waals surface area contributed by atoms with Gasteiger partial charge in [-0.2, -0.15) is 0 Å². The summed E-state index contributed by atoms with van der Waals surface area (Å²) in [5.74, 6) is 0. The van der Waals surface area contributed by atoms with Gasteiger partial charge in [0.1, 0.15) is 0 Å². The molecule has 0 radical (unpaired) electrons. The molecular weight excluding hydrogens is 206 g/mol. The van der Waals surface area contributed by atoms with Crippen molar-refractivity contribution < 1.29 is 0 Å². The summed E-state index contributed by atoms with van der Waals surface area (Å²) in [5, 5.41) is 0. The number of rotatable bonds is 0. The Morgan fingerprint density at radius 1 is 0.941 bits per heavy atom. The van der Waals surface area contributed by atoms with Crippen molar-refractivity contribution in [3.05, 3.63) is 22.5 Å². The van der Waals surface area contributed by atoms with E-state index in [0.29, 0.717) is 0 Å². The van der Waals surface area contributed by atoms with Gasteiger partial charge in [0.05, 0.1) is 0 Å². The molecule has 1 aromatic heterocycles. The predicted octanol–water partition coefficient (Wildman–Crippen LogP) is 4.34. The van der Waals surface area contributed by atoms with Crippen LogP contribution >= 0.6 is 0 Å². The van der Waals surface area contributed by atoms with E-state index < -0.39 is 0 Å². The Labute approximate surface area is 106 Å². The molecule has 0 aliphatic heterocycles. The summed E-state index contributed by atoms with van der Waals surface area (Å²) in [6.45, 7) is 16.3. The van der Waals surface area contributed by atoms with Gasteiger partial charge in [-0.15, -0.1) is 0 Å². The smallest absolute Gasteiger partial charge is 0.0361 e. The normalized spacial score (nSPS) is 16.4. The summed E-state index contributed by atoms with van der Waals surface area (Å²) in [7, 11) is 0. The molecule has 0 bridgehead atoms. The Morgan fingerprint density at radius 2 is 1.53 bits per heavy atom. The molecular formula is C16H27N. The second-order valence-corrected chi connectivity index (χ2v) is 7.50. The first-order valence-corrected chi connectivity index (χ1v) is 6.88. The summed E-state index contributed by atoms with van der Waals surface area (Å²) < 4.78 is 2.59. The van der Waals surface area contributed by atoms with Crippen LogP contribution in [0.25, 0.3) is 0 Å². The highest BCUT2D eigenvalue weighted by Crippen LogP contribution is 2.40. The fourth-order valence-corrected chi connectivity index (χ4v) is 3.68. The fourth-order valence-electron chi connectivity index (χ4n) is 3.68. The predicted molar refractivity (Wildman–Crippen MR) is 74.9 cm³/mol. The Morgan fingerprint density at radius 3 is 2.00 bits per heavy atom. The molecule has 0 unspecified atom stereocenters. The van der Waals surface area contributed by atoms with Crippen LogP contribution < -0.4 is 0 Å². The van der Waals surface area contributed by atoms with Crippen molar-refractivity contribution in [1.29, 1.82) is 0 Å². The van der Waals surface area contributed by atoms with Gasteiger partial charge in [0.15, 0.2) is 0 Å². The van der Waals surface area contributed by atoms with Crippen LogP contribution in [-0.4, -0.2) is 4.57 Å². The third-order valence-corrected chi connectivity index (χ3v) is 3.88. The first-order chi connectivity index (χ1) is 7.64. The van der Waals surface area contributed by atoms with E-state index in [4.69, 9.17) is 0 Å². The first kappa shape index (κ1) is 12.7. The molecule has 0 N–H and O–H groups in total. The van der Waals surface area contributed by atoms with Crippen molar-refractivity contribution in [3.8, 4) is 0 Å². The molecule has 0 amide bonds. The fraction of sp³-hybridized carbons (Fsp3) is 0.750. The molecule has 0 fully saturated rings. The maximum Gasteiger partial charge on any atom is 0.0361 e. The monoisotopic (exact) mass is 233 g/mol. The van der Waals surface area contributed by atoms with E-state index in [2.05, 4.69) is 53.0 Å². The van der Waals surface area contributed by atoms with Crippen molar-refractivity contribution in [2.24, 2.45) is 0 Å². The Hall–Kier alpha value is -0.720. The van der Waals surface area contributed by atoms with Crippen molar-refractivity contribution >= 4 is 0 Å². The van der Waals surface area contributed by atoms with E-state index in [9.17, 15) is 0 Å². The Kier molecular flexibility index (Phi) is 2.72. The van der Waals surface area contributed by atoms with Crippen molar-refractivity contribution in [2.45, 2.75) is 78.7 Å². The SMILES string of the molecule is Cc1c(C(C)(C)C)c2c(n1C(C)(C)C)CCC2. The minimum Gasteiger partial charge on any atom is -0.343 e. The van der Waals surface area contributed by atoms with E-state index in [1.807, 2.05) is 0 Å². The van der Waals surface area contributed by atoms with Crippen LogP contribution in [0.3, 0.4) is 0 Å². The lowest BCUT2D eigenvalue weighted by molar-refractivity contribution is 0.377. The number of fused-ring (bicyclic) bond motifs is 1. The first-order valence-electron chi connectivity index (χ1n) is 6.88. The molecule has 1 heterocycles. The van der Waals surface area contributed by atoms with Gasteiger partial charge in [0.25, 0.3) is 0 Å². The molecule has 2 rings (SSSR count). The van der Waals surface area contributed by atoms with Gasteiger partial charge < -0.3 is 4.57 Å². The second-order valence-electron chi connectivity index (χ2n) is 7.50. The molecule has 0 atom stereocenters. The highest BCUT2D eigenvalue weighted by atomic mass is 15.1. The van der Waals surface area contributed by atoms with Crippen LogP contribution in [0.2, 0.25) is 0 Å². The van der Waals surface area contributed by atoms with Crippen molar-refractivity contribution in [2.75, 3.05) is 0 Å². The van der Waals surface area contributed by atoms with Gasteiger partial charge in [0, 0.05) is 16.9 Å². The summed E-state index contributed by atoms with van der Waals surface area (Å²) in [6, 6.07) is 0. The molecule has 17 heavy (non-hydrogen) atoms. The lowest BCUT2D eigenvalue weighted by Crippen LogP contribution is -2.25. The van der Waals surface area contributed by atoms with Gasteiger partial charge in [-0.1, -0.05) is 20.8 Å². The van der Waals surface area contributed by atoms with E-state index in [0.717, 1.165) is 0 Å². The van der Waals surface area contributed by atoms with Gasteiger partial charge >= 0.3 is 0 Å². The summed E-state index contributed by atoms with van der Waals surface area (Å²) in [6.07, 6.45) is 3.89. The zero-order chi connectivity index (χ0) is 13.0.